The number of hydrogen-bond donors (Lipinski definition) is 0. The van der Waals surface area contributed by atoms with Crippen LogP contribution < -0.4 is 0 Å². The molecule has 0 spiro atoms. The molecule has 2 rings (SSSR count). The van der Waals surface area contributed by atoms with Crippen LogP contribution in [0.15, 0.2) is 30.6 Å². The topological polar surface area (TPSA) is 46.1 Å². The molecule has 104 valence electrons. The molecule has 0 aliphatic carbocycles. The summed E-state index contributed by atoms with van der Waals surface area (Å²) in [6.45, 7) is 0.336. The van der Waals surface area contributed by atoms with E-state index in [1.807, 2.05) is 0 Å². The van der Waals surface area contributed by atoms with Gasteiger partial charge in [-0.25, -0.2) is 4.98 Å². The van der Waals surface area contributed by atoms with Gasteiger partial charge in [0.25, 0.3) is 5.91 Å². The predicted octanol–water partition coefficient (Wildman–Crippen LogP) is 3.71. The number of aromatic nitrogens is 2. The first kappa shape index (κ1) is 15.0. The van der Waals surface area contributed by atoms with Gasteiger partial charge in [-0.2, -0.15) is 0 Å². The lowest BCUT2D eigenvalue weighted by Crippen LogP contribution is -2.27. The standard InChI is InChI=1S/C13H10Cl3N3O/c1-19(7-8-2-3-9(14)4-10(8)15)13(20)11-5-17-6-12(16)18-11/h2-6H,7H2,1H3. The number of carbonyl (C=O) groups excluding carboxylic acids is 1. The number of nitrogens with zero attached hydrogens (tertiary/aromatic N) is 3. The van der Waals surface area contributed by atoms with Gasteiger partial charge in [-0.05, 0) is 17.7 Å². The summed E-state index contributed by atoms with van der Waals surface area (Å²) in [6.07, 6.45) is 2.74. The average Bonchev–Trinajstić information content (AvgIpc) is 2.41. The van der Waals surface area contributed by atoms with Gasteiger partial charge in [-0.15, -0.1) is 0 Å². The smallest absolute Gasteiger partial charge is 0.274 e. The van der Waals surface area contributed by atoms with Gasteiger partial charge < -0.3 is 4.90 Å². The molecule has 20 heavy (non-hydrogen) atoms. The SMILES string of the molecule is CN(Cc1ccc(Cl)cc1Cl)C(=O)c1cncc(Cl)n1. The second-order valence-electron chi connectivity index (χ2n) is 4.12. The normalized spacial score (nSPS) is 10.4. The highest BCUT2D eigenvalue weighted by Gasteiger charge is 2.15. The molecule has 1 aromatic heterocycles. The van der Waals surface area contributed by atoms with Crippen molar-refractivity contribution in [1.29, 1.82) is 0 Å². The fourth-order valence-electron chi connectivity index (χ4n) is 1.62. The fraction of sp³-hybridized carbons (Fsp3) is 0.154. The minimum absolute atomic E-state index is 0.175. The second-order valence-corrected chi connectivity index (χ2v) is 5.35. The van der Waals surface area contributed by atoms with Gasteiger partial charge >= 0.3 is 0 Å². The highest BCUT2D eigenvalue weighted by atomic mass is 35.5. The van der Waals surface area contributed by atoms with E-state index in [1.165, 1.54) is 17.3 Å². The van der Waals surface area contributed by atoms with Crippen LogP contribution in [-0.2, 0) is 6.54 Å². The lowest BCUT2D eigenvalue weighted by Gasteiger charge is -2.17. The molecule has 1 amide bonds. The van der Waals surface area contributed by atoms with E-state index < -0.39 is 0 Å². The Labute approximate surface area is 131 Å². The van der Waals surface area contributed by atoms with Gasteiger partial charge in [0.1, 0.15) is 10.8 Å². The third kappa shape index (κ3) is 3.60. The maximum atomic E-state index is 12.2. The van der Waals surface area contributed by atoms with Crippen molar-refractivity contribution in [2.75, 3.05) is 7.05 Å². The van der Waals surface area contributed by atoms with Crippen molar-refractivity contribution in [2.24, 2.45) is 0 Å². The third-order valence-corrected chi connectivity index (χ3v) is 3.36. The van der Waals surface area contributed by atoms with E-state index in [1.54, 1.807) is 25.2 Å². The van der Waals surface area contributed by atoms with Crippen molar-refractivity contribution in [3.8, 4) is 0 Å². The van der Waals surface area contributed by atoms with Crippen LogP contribution in [0.2, 0.25) is 15.2 Å². The van der Waals surface area contributed by atoms with Gasteiger partial charge in [0.15, 0.2) is 0 Å². The minimum atomic E-state index is -0.286. The summed E-state index contributed by atoms with van der Waals surface area (Å²) in [4.78, 5) is 21.4. The lowest BCUT2D eigenvalue weighted by molar-refractivity contribution is 0.0779. The summed E-state index contributed by atoms with van der Waals surface area (Å²) in [7, 11) is 1.65. The second kappa shape index (κ2) is 6.39. The van der Waals surface area contributed by atoms with Gasteiger partial charge in [0.05, 0.1) is 12.4 Å². The number of hydrogen-bond acceptors (Lipinski definition) is 3. The Morgan fingerprint density at radius 1 is 1.25 bits per heavy atom. The molecule has 1 aromatic carbocycles. The molecule has 0 aliphatic heterocycles. The van der Waals surface area contributed by atoms with Crippen LogP contribution in [0.1, 0.15) is 16.1 Å². The molecule has 7 heteroatoms. The molecule has 0 N–H and O–H groups in total. The van der Waals surface area contributed by atoms with E-state index in [4.69, 9.17) is 34.8 Å². The van der Waals surface area contributed by atoms with Crippen molar-refractivity contribution < 1.29 is 4.79 Å². The number of halogens is 3. The zero-order chi connectivity index (χ0) is 14.7. The maximum Gasteiger partial charge on any atom is 0.274 e. The molecule has 0 unspecified atom stereocenters. The molecular formula is C13H10Cl3N3O. The Bertz CT molecular complexity index is 649. The Hall–Kier alpha value is -1.36. The summed E-state index contributed by atoms with van der Waals surface area (Å²) in [5.41, 5.74) is 0.979. The molecule has 0 fully saturated rings. The largest absolute Gasteiger partial charge is 0.336 e. The Morgan fingerprint density at radius 3 is 2.65 bits per heavy atom. The molecule has 2 aromatic rings. The minimum Gasteiger partial charge on any atom is -0.336 e. The van der Waals surface area contributed by atoms with E-state index in [-0.39, 0.29) is 16.8 Å². The summed E-state index contributed by atoms with van der Waals surface area (Å²) < 4.78 is 0. The van der Waals surface area contributed by atoms with E-state index in [0.717, 1.165) is 5.56 Å². The summed E-state index contributed by atoms with van der Waals surface area (Å²) >= 11 is 17.6. The van der Waals surface area contributed by atoms with E-state index in [2.05, 4.69) is 9.97 Å². The van der Waals surface area contributed by atoms with Crippen LogP contribution in [0.5, 0.6) is 0 Å². The number of benzene rings is 1. The quantitative estimate of drug-likeness (QED) is 0.862. The Balaban J connectivity index is 2.15. The zero-order valence-corrected chi connectivity index (χ0v) is 12.7. The monoisotopic (exact) mass is 329 g/mol. The van der Waals surface area contributed by atoms with Crippen molar-refractivity contribution >= 4 is 40.7 Å². The predicted molar refractivity (Wildman–Crippen MR) is 79.3 cm³/mol. The lowest BCUT2D eigenvalue weighted by atomic mass is 10.2. The summed E-state index contributed by atoms with van der Waals surface area (Å²) in [5, 5.41) is 1.23. The van der Waals surface area contributed by atoms with Crippen LogP contribution in [0.25, 0.3) is 0 Å². The molecule has 0 radical (unpaired) electrons. The maximum absolute atomic E-state index is 12.2. The summed E-state index contributed by atoms with van der Waals surface area (Å²) in [5.74, 6) is -0.286. The third-order valence-electron chi connectivity index (χ3n) is 2.59. The zero-order valence-electron chi connectivity index (χ0n) is 10.5. The average molecular weight is 331 g/mol. The van der Waals surface area contributed by atoms with Gasteiger partial charge in [0, 0.05) is 23.6 Å². The van der Waals surface area contributed by atoms with Crippen molar-refractivity contribution in [1.82, 2.24) is 14.9 Å². The van der Waals surface area contributed by atoms with Gasteiger partial charge in [0.2, 0.25) is 0 Å². The first-order valence-corrected chi connectivity index (χ1v) is 6.77. The highest BCUT2D eigenvalue weighted by Crippen LogP contribution is 2.22. The van der Waals surface area contributed by atoms with Gasteiger partial charge in [-0.3, -0.25) is 9.78 Å². The Morgan fingerprint density at radius 2 is 2.00 bits per heavy atom. The molecule has 0 aliphatic rings. The molecule has 4 nitrogen and oxygen atoms in total. The number of rotatable bonds is 3. The van der Waals surface area contributed by atoms with Crippen molar-refractivity contribution in [3.05, 3.63) is 57.0 Å². The first-order chi connectivity index (χ1) is 9.47. The number of carbonyl (C=O) groups is 1. The van der Waals surface area contributed by atoms with Gasteiger partial charge in [-0.1, -0.05) is 40.9 Å². The fourth-order valence-corrected chi connectivity index (χ4v) is 2.23. The van der Waals surface area contributed by atoms with Crippen LogP contribution in [0, 0.1) is 0 Å². The number of amides is 1. The molecular weight excluding hydrogens is 321 g/mol. The van der Waals surface area contributed by atoms with Crippen molar-refractivity contribution in [3.63, 3.8) is 0 Å². The first-order valence-electron chi connectivity index (χ1n) is 5.64. The van der Waals surface area contributed by atoms with E-state index in [9.17, 15) is 4.79 Å². The molecule has 0 saturated heterocycles. The van der Waals surface area contributed by atoms with Crippen LogP contribution >= 0.6 is 34.8 Å². The highest BCUT2D eigenvalue weighted by molar-refractivity contribution is 6.35. The molecule has 0 bridgehead atoms. The van der Waals surface area contributed by atoms with Crippen LogP contribution in [0.4, 0.5) is 0 Å². The Kier molecular flexibility index (Phi) is 4.81. The van der Waals surface area contributed by atoms with Crippen LogP contribution in [-0.4, -0.2) is 27.8 Å². The molecule has 0 saturated carbocycles. The van der Waals surface area contributed by atoms with Crippen molar-refractivity contribution in [2.45, 2.75) is 6.54 Å². The molecule has 0 atom stereocenters. The van der Waals surface area contributed by atoms with Crippen LogP contribution in [0.3, 0.4) is 0 Å². The molecule has 1 heterocycles. The summed E-state index contributed by atoms with van der Waals surface area (Å²) in [6, 6.07) is 5.13. The van der Waals surface area contributed by atoms with E-state index in [0.29, 0.717) is 16.6 Å². The van der Waals surface area contributed by atoms with E-state index >= 15 is 0 Å².